The summed E-state index contributed by atoms with van der Waals surface area (Å²) in [5, 5.41) is 10.8. The number of ether oxygens (including phenoxy) is 1. The SMILES string of the molecule is COC(=O)C1=C(C)N(c2cc(Cl)cc(Cl)c2)C(=O)/C1=C\c1cc(Br)ccc1O. The van der Waals surface area contributed by atoms with Crippen molar-refractivity contribution in [2.24, 2.45) is 0 Å². The molecule has 0 saturated heterocycles. The summed E-state index contributed by atoms with van der Waals surface area (Å²) in [5.74, 6) is -1.16. The molecule has 0 unspecified atom stereocenters. The number of esters is 1. The highest BCUT2D eigenvalue weighted by Gasteiger charge is 2.38. The molecule has 1 amide bonds. The standard InChI is InChI=1S/C20H14BrCl2NO4/c1-10-18(20(27)28-2)16(6-11-5-12(21)3-4-17(11)25)19(26)24(10)15-8-13(22)7-14(23)9-15/h3-9,25H,1-2H3/b16-6-. The Morgan fingerprint density at radius 3 is 2.43 bits per heavy atom. The summed E-state index contributed by atoms with van der Waals surface area (Å²) in [7, 11) is 1.24. The second-order valence-corrected chi connectivity index (χ2v) is 7.77. The number of aromatic hydroxyl groups is 1. The van der Waals surface area contributed by atoms with Crippen LogP contribution in [0.15, 0.2) is 57.7 Å². The number of anilines is 1. The summed E-state index contributed by atoms with van der Waals surface area (Å²) < 4.78 is 5.58. The first-order valence-corrected chi connectivity index (χ1v) is 9.58. The number of carbonyl (C=O) groups is 2. The quantitative estimate of drug-likeness (QED) is 0.473. The Kier molecular flexibility index (Phi) is 5.84. The van der Waals surface area contributed by atoms with E-state index in [2.05, 4.69) is 15.9 Å². The number of methoxy groups -OCH3 is 1. The van der Waals surface area contributed by atoms with Gasteiger partial charge in [0.2, 0.25) is 0 Å². The normalized spacial score (nSPS) is 15.5. The molecule has 2 aromatic rings. The van der Waals surface area contributed by atoms with Gasteiger partial charge in [-0.15, -0.1) is 0 Å². The highest BCUT2D eigenvalue weighted by atomic mass is 79.9. The fraction of sp³-hybridized carbons (Fsp3) is 0.100. The second kappa shape index (κ2) is 7.99. The van der Waals surface area contributed by atoms with Gasteiger partial charge in [0.05, 0.1) is 23.9 Å². The largest absolute Gasteiger partial charge is 0.507 e. The summed E-state index contributed by atoms with van der Waals surface area (Å²) in [6, 6.07) is 9.48. The van der Waals surface area contributed by atoms with Gasteiger partial charge in [-0.3, -0.25) is 9.69 Å². The molecular weight excluding hydrogens is 469 g/mol. The number of amides is 1. The summed E-state index contributed by atoms with van der Waals surface area (Å²) in [6.07, 6.45) is 1.45. The summed E-state index contributed by atoms with van der Waals surface area (Å²) in [4.78, 5) is 26.9. The number of halogens is 3. The zero-order valence-electron chi connectivity index (χ0n) is 14.8. The van der Waals surface area contributed by atoms with Crippen molar-refractivity contribution in [3.8, 4) is 5.75 Å². The Balaban J connectivity index is 2.20. The Morgan fingerprint density at radius 2 is 1.82 bits per heavy atom. The number of hydrogen-bond donors (Lipinski definition) is 1. The van der Waals surface area contributed by atoms with Gasteiger partial charge in [0.15, 0.2) is 0 Å². The average molecular weight is 483 g/mol. The van der Waals surface area contributed by atoms with E-state index in [1.54, 1.807) is 37.3 Å². The van der Waals surface area contributed by atoms with Gasteiger partial charge in [-0.05, 0) is 49.4 Å². The lowest BCUT2D eigenvalue weighted by atomic mass is 10.0. The third-order valence-corrected chi connectivity index (χ3v) is 5.11. The predicted molar refractivity (Wildman–Crippen MR) is 112 cm³/mol. The first kappa shape index (κ1) is 20.5. The highest BCUT2D eigenvalue weighted by Crippen LogP contribution is 2.38. The molecule has 3 rings (SSSR count). The molecule has 0 bridgehead atoms. The Morgan fingerprint density at radius 1 is 1.18 bits per heavy atom. The molecule has 28 heavy (non-hydrogen) atoms. The van der Waals surface area contributed by atoms with Crippen LogP contribution in [0.2, 0.25) is 10.0 Å². The van der Waals surface area contributed by atoms with Crippen LogP contribution >= 0.6 is 39.1 Å². The van der Waals surface area contributed by atoms with Crippen LogP contribution < -0.4 is 4.90 Å². The number of benzene rings is 2. The molecule has 0 spiro atoms. The number of phenols is 1. The summed E-state index contributed by atoms with van der Waals surface area (Å²) in [6.45, 7) is 1.63. The highest BCUT2D eigenvalue weighted by molar-refractivity contribution is 9.10. The number of phenolic OH excluding ortho intramolecular Hbond substituents is 1. The minimum atomic E-state index is -0.665. The third kappa shape index (κ3) is 3.81. The molecule has 1 heterocycles. The van der Waals surface area contributed by atoms with Crippen LogP contribution in [0.1, 0.15) is 12.5 Å². The lowest BCUT2D eigenvalue weighted by molar-refractivity contribution is -0.136. The number of hydrogen-bond acceptors (Lipinski definition) is 4. The lowest BCUT2D eigenvalue weighted by Gasteiger charge is -2.18. The Labute approximate surface area is 179 Å². The summed E-state index contributed by atoms with van der Waals surface area (Å²) in [5.41, 5.74) is 1.36. The van der Waals surface area contributed by atoms with E-state index in [0.717, 1.165) is 0 Å². The van der Waals surface area contributed by atoms with Crippen LogP contribution in [0, 0.1) is 0 Å². The molecule has 2 aromatic carbocycles. The van der Waals surface area contributed by atoms with Gasteiger partial charge in [-0.25, -0.2) is 4.79 Å². The molecule has 1 aliphatic heterocycles. The van der Waals surface area contributed by atoms with E-state index in [1.807, 2.05) is 0 Å². The molecule has 8 heteroatoms. The molecule has 0 atom stereocenters. The fourth-order valence-corrected chi connectivity index (χ4v) is 3.85. The van der Waals surface area contributed by atoms with Crippen LogP contribution in [-0.2, 0) is 14.3 Å². The van der Waals surface area contributed by atoms with E-state index in [1.165, 1.54) is 24.2 Å². The molecule has 144 valence electrons. The van der Waals surface area contributed by atoms with Gasteiger partial charge < -0.3 is 9.84 Å². The number of allylic oxidation sites excluding steroid dienone is 1. The van der Waals surface area contributed by atoms with E-state index >= 15 is 0 Å². The Hall–Kier alpha value is -2.28. The van der Waals surface area contributed by atoms with Gasteiger partial charge in [0.25, 0.3) is 5.91 Å². The first-order valence-electron chi connectivity index (χ1n) is 8.03. The summed E-state index contributed by atoms with van der Waals surface area (Å²) >= 11 is 15.5. The minimum absolute atomic E-state index is 0.0328. The molecule has 0 radical (unpaired) electrons. The lowest BCUT2D eigenvalue weighted by Crippen LogP contribution is -2.24. The molecule has 0 aliphatic carbocycles. The average Bonchev–Trinajstić information content (AvgIpc) is 2.87. The first-order chi connectivity index (χ1) is 13.2. The molecule has 1 N–H and O–H groups in total. The van der Waals surface area contributed by atoms with Crippen LogP contribution in [0.25, 0.3) is 6.08 Å². The zero-order valence-corrected chi connectivity index (χ0v) is 17.9. The predicted octanol–water partition coefficient (Wildman–Crippen LogP) is 5.34. The Bertz CT molecular complexity index is 1040. The topological polar surface area (TPSA) is 66.8 Å². The van der Waals surface area contributed by atoms with Crippen LogP contribution in [0.3, 0.4) is 0 Å². The van der Waals surface area contributed by atoms with Crippen molar-refractivity contribution in [2.45, 2.75) is 6.92 Å². The third-order valence-electron chi connectivity index (χ3n) is 4.18. The minimum Gasteiger partial charge on any atom is -0.507 e. The van der Waals surface area contributed by atoms with E-state index < -0.39 is 11.9 Å². The van der Waals surface area contributed by atoms with Gasteiger partial charge in [-0.1, -0.05) is 39.1 Å². The monoisotopic (exact) mass is 481 g/mol. The van der Waals surface area contributed by atoms with Crippen molar-refractivity contribution in [3.05, 3.63) is 73.3 Å². The van der Waals surface area contributed by atoms with Gasteiger partial charge >= 0.3 is 5.97 Å². The van der Waals surface area contributed by atoms with E-state index in [-0.39, 0.29) is 16.9 Å². The van der Waals surface area contributed by atoms with Crippen LogP contribution in [-0.4, -0.2) is 24.1 Å². The second-order valence-electron chi connectivity index (χ2n) is 5.98. The maximum absolute atomic E-state index is 13.2. The fourth-order valence-electron chi connectivity index (χ4n) is 2.96. The molecular formula is C20H14BrCl2NO4. The molecule has 1 aliphatic rings. The van der Waals surface area contributed by atoms with E-state index in [9.17, 15) is 14.7 Å². The van der Waals surface area contributed by atoms with Crippen molar-refractivity contribution >= 4 is 62.8 Å². The van der Waals surface area contributed by atoms with Gasteiger partial charge in [-0.2, -0.15) is 0 Å². The van der Waals surface area contributed by atoms with Gasteiger partial charge in [0, 0.05) is 25.8 Å². The molecule has 5 nitrogen and oxygen atoms in total. The van der Waals surface area contributed by atoms with Crippen molar-refractivity contribution in [3.63, 3.8) is 0 Å². The van der Waals surface area contributed by atoms with Crippen molar-refractivity contribution in [2.75, 3.05) is 12.0 Å². The number of nitrogens with zero attached hydrogens (tertiary/aromatic N) is 1. The maximum Gasteiger partial charge on any atom is 0.340 e. The maximum atomic E-state index is 13.2. The van der Waals surface area contributed by atoms with Gasteiger partial charge in [0.1, 0.15) is 5.75 Å². The van der Waals surface area contributed by atoms with Crippen LogP contribution in [0.5, 0.6) is 5.75 Å². The number of rotatable bonds is 3. The van der Waals surface area contributed by atoms with Crippen molar-refractivity contribution in [1.29, 1.82) is 0 Å². The van der Waals surface area contributed by atoms with E-state index in [4.69, 9.17) is 27.9 Å². The van der Waals surface area contributed by atoms with Crippen molar-refractivity contribution in [1.82, 2.24) is 0 Å². The van der Waals surface area contributed by atoms with Crippen LogP contribution in [0.4, 0.5) is 5.69 Å². The zero-order chi connectivity index (χ0) is 20.6. The molecule has 0 saturated carbocycles. The molecule has 0 fully saturated rings. The molecule has 0 aromatic heterocycles. The van der Waals surface area contributed by atoms with Crippen molar-refractivity contribution < 1.29 is 19.4 Å². The number of carbonyl (C=O) groups excluding carboxylic acids is 2. The smallest absolute Gasteiger partial charge is 0.340 e. The van der Waals surface area contributed by atoms with E-state index in [0.29, 0.717) is 31.5 Å².